The first-order chi connectivity index (χ1) is 8.28. The van der Waals surface area contributed by atoms with E-state index in [9.17, 15) is 0 Å². The lowest BCUT2D eigenvalue weighted by molar-refractivity contribution is -0.0330. The summed E-state index contributed by atoms with van der Waals surface area (Å²) in [6.45, 7) is 2.55. The first-order valence-electron chi connectivity index (χ1n) is 7.29. The van der Waals surface area contributed by atoms with Gasteiger partial charge in [0.2, 0.25) is 0 Å². The topological polar surface area (TPSA) is 38.5 Å². The molecule has 0 aromatic carbocycles. The van der Waals surface area contributed by atoms with Gasteiger partial charge in [-0.25, -0.2) is 0 Å². The van der Waals surface area contributed by atoms with E-state index in [0.29, 0.717) is 0 Å². The van der Waals surface area contributed by atoms with E-state index in [1.54, 1.807) is 0 Å². The number of nitrogens with zero attached hydrogens (tertiary/aromatic N) is 1. The van der Waals surface area contributed by atoms with Crippen molar-refractivity contribution in [2.45, 2.75) is 62.9 Å². The minimum absolute atomic E-state index is 0.216. The SMILES string of the molecule is CN(C1CCCCCC1)C1(CN)CCOCC1. The number of hydrogen-bond acceptors (Lipinski definition) is 3. The number of hydrogen-bond donors (Lipinski definition) is 1. The number of nitrogens with two attached hydrogens (primary N) is 1. The summed E-state index contributed by atoms with van der Waals surface area (Å²) in [6, 6.07) is 0.749. The van der Waals surface area contributed by atoms with Crippen LogP contribution >= 0.6 is 0 Å². The van der Waals surface area contributed by atoms with Crippen LogP contribution in [0, 0.1) is 0 Å². The van der Waals surface area contributed by atoms with Crippen LogP contribution in [0.1, 0.15) is 51.4 Å². The lowest BCUT2D eigenvalue weighted by atomic mass is 9.86. The highest BCUT2D eigenvalue weighted by Gasteiger charge is 2.38. The van der Waals surface area contributed by atoms with Crippen molar-refractivity contribution in [1.82, 2.24) is 4.90 Å². The molecule has 0 radical (unpaired) electrons. The molecule has 0 aromatic heterocycles. The molecule has 17 heavy (non-hydrogen) atoms. The molecular weight excluding hydrogens is 212 g/mol. The van der Waals surface area contributed by atoms with Crippen molar-refractivity contribution >= 4 is 0 Å². The summed E-state index contributed by atoms with van der Waals surface area (Å²) in [6.07, 6.45) is 10.6. The van der Waals surface area contributed by atoms with Gasteiger partial charge in [0, 0.05) is 31.3 Å². The van der Waals surface area contributed by atoms with E-state index < -0.39 is 0 Å². The minimum Gasteiger partial charge on any atom is -0.381 e. The Hall–Kier alpha value is -0.120. The highest BCUT2D eigenvalue weighted by atomic mass is 16.5. The largest absolute Gasteiger partial charge is 0.381 e. The lowest BCUT2D eigenvalue weighted by Gasteiger charge is -2.47. The fourth-order valence-corrected chi connectivity index (χ4v) is 3.48. The molecule has 0 atom stereocenters. The molecule has 0 unspecified atom stereocenters. The van der Waals surface area contributed by atoms with E-state index in [0.717, 1.165) is 38.6 Å². The highest BCUT2D eigenvalue weighted by Crippen LogP contribution is 2.32. The Bertz CT molecular complexity index is 218. The van der Waals surface area contributed by atoms with Crippen LogP contribution < -0.4 is 5.73 Å². The lowest BCUT2D eigenvalue weighted by Crippen LogP contribution is -2.58. The van der Waals surface area contributed by atoms with Crippen molar-refractivity contribution in [3.05, 3.63) is 0 Å². The van der Waals surface area contributed by atoms with Crippen molar-refractivity contribution in [1.29, 1.82) is 0 Å². The Balaban J connectivity index is 2.01. The first kappa shape index (κ1) is 13.3. The second-order valence-electron chi connectivity index (χ2n) is 5.80. The van der Waals surface area contributed by atoms with E-state index in [2.05, 4.69) is 11.9 Å². The van der Waals surface area contributed by atoms with Crippen LogP contribution in [0.2, 0.25) is 0 Å². The summed E-state index contributed by atoms with van der Waals surface area (Å²) in [4.78, 5) is 2.61. The maximum atomic E-state index is 6.09. The number of rotatable bonds is 3. The third-order valence-electron chi connectivity index (χ3n) is 4.92. The van der Waals surface area contributed by atoms with Gasteiger partial charge in [-0.1, -0.05) is 25.7 Å². The van der Waals surface area contributed by atoms with E-state index in [1.807, 2.05) is 0 Å². The molecule has 0 bridgehead atoms. The zero-order valence-electron chi connectivity index (χ0n) is 11.3. The quantitative estimate of drug-likeness (QED) is 0.768. The third kappa shape index (κ3) is 3.01. The number of ether oxygens (including phenoxy) is 1. The summed E-state index contributed by atoms with van der Waals surface area (Å²) in [7, 11) is 2.30. The van der Waals surface area contributed by atoms with Crippen LogP contribution in [-0.2, 0) is 4.74 Å². The van der Waals surface area contributed by atoms with Crippen LogP contribution in [0.3, 0.4) is 0 Å². The zero-order chi connectivity index (χ0) is 12.1. The van der Waals surface area contributed by atoms with E-state index >= 15 is 0 Å². The van der Waals surface area contributed by atoms with Crippen LogP contribution in [0.5, 0.6) is 0 Å². The first-order valence-corrected chi connectivity index (χ1v) is 7.29. The monoisotopic (exact) mass is 240 g/mol. The van der Waals surface area contributed by atoms with E-state index in [-0.39, 0.29) is 5.54 Å². The average molecular weight is 240 g/mol. The second-order valence-corrected chi connectivity index (χ2v) is 5.80. The van der Waals surface area contributed by atoms with Gasteiger partial charge in [-0.15, -0.1) is 0 Å². The molecule has 2 N–H and O–H groups in total. The van der Waals surface area contributed by atoms with E-state index in [4.69, 9.17) is 10.5 Å². The molecule has 3 nitrogen and oxygen atoms in total. The highest BCUT2D eigenvalue weighted by molar-refractivity contribution is 4.95. The summed E-state index contributed by atoms with van der Waals surface area (Å²) in [5, 5.41) is 0. The molecule has 2 rings (SSSR count). The Kier molecular flexibility index (Phi) is 4.83. The van der Waals surface area contributed by atoms with Gasteiger partial charge in [-0.05, 0) is 32.7 Å². The van der Waals surface area contributed by atoms with Gasteiger partial charge in [0.15, 0.2) is 0 Å². The second kappa shape index (κ2) is 6.17. The van der Waals surface area contributed by atoms with E-state index in [1.165, 1.54) is 38.5 Å². The maximum absolute atomic E-state index is 6.09. The molecule has 3 heteroatoms. The van der Waals surface area contributed by atoms with Crippen molar-refractivity contribution in [2.75, 3.05) is 26.8 Å². The van der Waals surface area contributed by atoms with Crippen LogP contribution in [-0.4, -0.2) is 43.3 Å². The normalized spacial score (nSPS) is 27.0. The summed E-state index contributed by atoms with van der Waals surface area (Å²) in [5.41, 5.74) is 6.30. The molecule has 100 valence electrons. The maximum Gasteiger partial charge on any atom is 0.0484 e. The van der Waals surface area contributed by atoms with Crippen LogP contribution in [0.25, 0.3) is 0 Å². The minimum atomic E-state index is 0.216. The van der Waals surface area contributed by atoms with Gasteiger partial charge >= 0.3 is 0 Å². The Morgan fingerprint density at radius 3 is 2.24 bits per heavy atom. The van der Waals surface area contributed by atoms with Gasteiger partial charge in [-0.2, -0.15) is 0 Å². The van der Waals surface area contributed by atoms with Crippen molar-refractivity contribution < 1.29 is 4.74 Å². The van der Waals surface area contributed by atoms with Gasteiger partial charge in [0.05, 0.1) is 0 Å². The third-order valence-corrected chi connectivity index (χ3v) is 4.92. The summed E-state index contributed by atoms with van der Waals surface area (Å²) in [5.74, 6) is 0. The molecule has 2 aliphatic rings. The molecule has 0 aromatic rings. The molecule has 1 heterocycles. The van der Waals surface area contributed by atoms with Crippen molar-refractivity contribution in [2.24, 2.45) is 5.73 Å². The molecule has 1 saturated heterocycles. The van der Waals surface area contributed by atoms with Gasteiger partial charge < -0.3 is 10.5 Å². The molecule has 1 aliphatic heterocycles. The van der Waals surface area contributed by atoms with Gasteiger partial charge in [0.1, 0.15) is 0 Å². The molecule has 1 saturated carbocycles. The predicted octanol–water partition coefficient (Wildman–Crippen LogP) is 2.15. The molecule has 0 amide bonds. The van der Waals surface area contributed by atoms with Gasteiger partial charge in [-0.3, -0.25) is 4.90 Å². The molecule has 0 spiro atoms. The average Bonchev–Trinajstić information content (AvgIpc) is 2.67. The number of likely N-dealkylation sites (N-methyl/N-ethyl adjacent to an activating group) is 1. The smallest absolute Gasteiger partial charge is 0.0484 e. The summed E-state index contributed by atoms with van der Waals surface area (Å²) >= 11 is 0. The molecular formula is C14H28N2O. The van der Waals surface area contributed by atoms with Crippen molar-refractivity contribution in [3.63, 3.8) is 0 Å². The van der Waals surface area contributed by atoms with Crippen molar-refractivity contribution in [3.8, 4) is 0 Å². The Morgan fingerprint density at radius 1 is 1.12 bits per heavy atom. The van der Waals surface area contributed by atoms with Gasteiger partial charge in [0.25, 0.3) is 0 Å². The predicted molar refractivity (Wildman–Crippen MR) is 71.1 cm³/mol. The molecule has 2 fully saturated rings. The fraction of sp³-hybridized carbons (Fsp3) is 1.00. The standard InChI is InChI=1S/C14H28N2O/c1-16(13-6-4-2-3-5-7-13)14(12-15)8-10-17-11-9-14/h13H,2-12,15H2,1H3. The Labute approximate surface area is 106 Å². The van der Waals surface area contributed by atoms with Crippen LogP contribution in [0.4, 0.5) is 0 Å². The zero-order valence-corrected chi connectivity index (χ0v) is 11.3. The fourth-order valence-electron chi connectivity index (χ4n) is 3.48. The molecule has 1 aliphatic carbocycles. The summed E-state index contributed by atoms with van der Waals surface area (Å²) < 4.78 is 5.51. The van der Waals surface area contributed by atoms with Crippen LogP contribution in [0.15, 0.2) is 0 Å². The Morgan fingerprint density at radius 2 is 1.71 bits per heavy atom.